The Morgan fingerprint density at radius 2 is 2.11 bits per heavy atom. The van der Waals surface area contributed by atoms with Gasteiger partial charge in [0.15, 0.2) is 5.96 Å². The lowest BCUT2D eigenvalue weighted by molar-refractivity contribution is 0.463. The molecule has 2 aromatic rings. The molecule has 0 radical (unpaired) electrons. The maximum Gasteiger partial charge on any atom is 0.191 e. The van der Waals surface area contributed by atoms with Gasteiger partial charge in [0.25, 0.3) is 0 Å². The Morgan fingerprint density at radius 1 is 1.33 bits per heavy atom. The number of rotatable bonds is 6. The number of piperidine rings is 1. The standard InChI is InChI=1S/C19H29N5S2.HI/c1-4-20-19(21-10-7-17-14(2)22-15(3)26-17)23-16-8-11-24(12-9-16)18-6-5-13-25-18;/h5-6,13,16H,4,7-12H2,1-3H3,(H2,20,21,23);1H. The van der Waals surface area contributed by atoms with Crippen molar-refractivity contribution in [3.8, 4) is 0 Å². The van der Waals surface area contributed by atoms with Gasteiger partial charge in [-0.25, -0.2) is 4.98 Å². The van der Waals surface area contributed by atoms with Crippen molar-refractivity contribution in [3.05, 3.63) is 33.1 Å². The van der Waals surface area contributed by atoms with Crippen LogP contribution in [0.4, 0.5) is 5.00 Å². The highest BCUT2D eigenvalue weighted by Gasteiger charge is 2.20. The van der Waals surface area contributed by atoms with E-state index in [-0.39, 0.29) is 24.0 Å². The van der Waals surface area contributed by atoms with Gasteiger partial charge in [-0.3, -0.25) is 4.99 Å². The molecule has 8 heteroatoms. The lowest BCUT2D eigenvalue weighted by Gasteiger charge is -2.33. The van der Waals surface area contributed by atoms with Crippen LogP contribution < -0.4 is 15.5 Å². The van der Waals surface area contributed by atoms with Crippen LogP contribution in [0.25, 0.3) is 0 Å². The number of aliphatic imine (C=N–C) groups is 1. The number of anilines is 1. The second kappa shape index (κ2) is 11.2. The van der Waals surface area contributed by atoms with Crippen LogP contribution >= 0.6 is 46.7 Å². The number of thiazole rings is 1. The molecule has 0 aliphatic carbocycles. The second-order valence-electron chi connectivity index (χ2n) is 6.61. The molecule has 0 saturated carbocycles. The molecular weight excluding hydrogens is 489 g/mol. The highest BCUT2D eigenvalue weighted by molar-refractivity contribution is 14.0. The molecule has 0 aromatic carbocycles. The average Bonchev–Trinajstić information content (AvgIpc) is 3.26. The Hall–Kier alpha value is -0.870. The number of aryl methyl sites for hydroxylation is 2. The number of hydrogen-bond donors (Lipinski definition) is 2. The summed E-state index contributed by atoms with van der Waals surface area (Å²) in [5.41, 5.74) is 1.15. The van der Waals surface area contributed by atoms with E-state index in [1.165, 1.54) is 9.88 Å². The van der Waals surface area contributed by atoms with Gasteiger partial charge in [-0.1, -0.05) is 0 Å². The van der Waals surface area contributed by atoms with Crippen molar-refractivity contribution in [2.45, 2.75) is 46.1 Å². The van der Waals surface area contributed by atoms with Gasteiger partial charge in [0, 0.05) is 43.5 Å². The first-order chi connectivity index (χ1) is 12.7. The highest BCUT2D eigenvalue weighted by atomic mass is 127. The maximum atomic E-state index is 4.78. The van der Waals surface area contributed by atoms with Crippen LogP contribution in [0.15, 0.2) is 22.5 Å². The molecule has 3 heterocycles. The third kappa shape index (κ3) is 6.60. The molecule has 0 spiro atoms. The van der Waals surface area contributed by atoms with Gasteiger partial charge in [-0.15, -0.1) is 46.7 Å². The quantitative estimate of drug-likeness (QED) is 0.341. The lowest BCUT2D eigenvalue weighted by atomic mass is 10.1. The van der Waals surface area contributed by atoms with Gasteiger partial charge in [0.2, 0.25) is 0 Å². The van der Waals surface area contributed by atoms with Gasteiger partial charge in [0.1, 0.15) is 0 Å². The topological polar surface area (TPSA) is 52.6 Å². The van der Waals surface area contributed by atoms with Crippen LogP contribution in [0.2, 0.25) is 0 Å². The van der Waals surface area contributed by atoms with E-state index in [9.17, 15) is 0 Å². The Morgan fingerprint density at radius 3 is 2.70 bits per heavy atom. The fourth-order valence-corrected chi connectivity index (χ4v) is 4.99. The van der Waals surface area contributed by atoms with E-state index in [0.29, 0.717) is 6.04 Å². The van der Waals surface area contributed by atoms with E-state index in [4.69, 9.17) is 4.99 Å². The van der Waals surface area contributed by atoms with Gasteiger partial charge < -0.3 is 15.5 Å². The molecule has 1 fully saturated rings. The summed E-state index contributed by atoms with van der Waals surface area (Å²) in [6.07, 6.45) is 3.26. The van der Waals surface area contributed by atoms with E-state index in [1.54, 1.807) is 11.3 Å². The van der Waals surface area contributed by atoms with E-state index >= 15 is 0 Å². The second-order valence-corrected chi connectivity index (χ2v) is 8.82. The summed E-state index contributed by atoms with van der Waals surface area (Å²) in [5, 5.41) is 11.7. The third-order valence-corrected chi connectivity index (χ3v) is 6.67. The fraction of sp³-hybridized carbons (Fsp3) is 0.579. The van der Waals surface area contributed by atoms with Crippen molar-refractivity contribution in [1.82, 2.24) is 15.6 Å². The largest absolute Gasteiger partial charge is 0.363 e. The first kappa shape index (κ1) is 22.4. The molecule has 1 saturated heterocycles. The summed E-state index contributed by atoms with van der Waals surface area (Å²) < 4.78 is 0. The lowest BCUT2D eigenvalue weighted by Crippen LogP contribution is -2.48. The number of nitrogens with zero attached hydrogens (tertiary/aromatic N) is 3. The minimum absolute atomic E-state index is 0. The molecule has 2 N–H and O–H groups in total. The maximum absolute atomic E-state index is 4.78. The van der Waals surface area contributed by atoms with Crippen molar-refractivity contribution < 1.29 is 0 Å². The summed E-state index contributed by atoms with van der Waals surface area (Å²) >= 11 is 3.62. The molecule has 1 aliphatic rings. The zero-order valence-electron chi connectivity index (χ0n) is 16.3. The zero-order valence-corrected chi connectivity index (χ0v) is 20.3. The van der Waals surface area contributed by atoms with Crippen LogP contribution in [0.5, 0.6) is 0 Å². The average molecular weight is 520 g/mol. The first-order valence-electron chi connectivity index (χ1n) is 9.42. The van der Waals surface area contributed by atoms with E-state index < -0.39 is 0 Å². The minimum atomic E-state index is 0. The van der Waals surface area contributed by atoms with Gasteiger partial charge in [0.05, 0.1) is 15.7 Å². The Labute approximate surface area is 187 Å². The van der Waals surface area contributed by atoms with Crippen LogP contribution in [-0.2, 0) is 6.42 Å². The Balaban J connectivity index is 0.00000261. The van der Waals surface area contributed by atoms with Crippen molar-refractivity contribution in [2.24, 2.45) is 4.99 Å². The van der Waals surface area contributed by atoms with Crippen molar-refractivity contribution >= 4 is 57.6 Å². The van der Waals surface area contributed by atoms with Gasteiger partial charge in [-0.2, -0.15) is 0 Å². The summed E-state index contributed by atoms with van der Waals surface area (Å²) in [4.78, 5) is 13.1. The summed E-state index contributed by atoms with van der Waals surface area (Å²) in [5.74, 6) is 0.945. The van der Waals surface area contributed by atoms with Gasteiger partial charge in [-0.05, 0) is 51.1 Å². The van der Waals surface area contributed by atoms with Crippen molar-refractivity contribution in [1.29, 1.82) is 0 Å². The normalized spacial score (nSPS) is 15.5. The SMILES string of the molecule is CCNC(=NCCc1sc(C)nc1C)NC1CCN(c2cccs2)CC1.I. The third-order valence-electron chi connectivity index (χ3n) is 4.61. The fourth-order valence-electron chi connectivity index (χ4n) is 3.28. The molecule has 0 atom stereocenters. The first-order valence-corrected chi connectivity index (χ1v) is 11.1. The van der Waals surface area contributed by atoms with Crippen LogP contribution in [0.1, 0.15) is 35.3 Å². The molecular formula is C19H30IN5S2. The summed E-state index contributed by atoms with van der Waals surface area (Å²) in [7, 11) is 0. The Bertz CT molecular complexity index is 706. The minimum Gasteiger partial charge on any atom is -0.363 e. The van der Waals surface area contributed by atoms with E-state index in [0.717, 1.165) is 62.1 Å². The van der Waals surface area contributed by atoms with Crippen LogP contribution in [0.3, 0.4) is 0 Å². The summed E-state index contributed by atoms with van der Waals surface area (Å²) in [6.45, 7) is 10.2. The molecule has 1 aliphatic heterocycles. The highest BCUT2D eigenvalue weighted by Crippen LogP contribution is 2.24. The molecule has 2 aromatic heterocycles. The summed E-state index contributed by atoms with van der Waals surface area (Å²) in [6, 6.07) is 4.84. The molecule has 3 rings (SSSR count). The smallest absolute Gasteiger partial charge is 0.191 e. The molecule has 150 valence electrons. The van der Waals surface area contributed by atoms with Crippen LogP contribution in [-0.4, -0.2) is 43.2 Å². The van der Waals surface area contributed by atoms with Crippen molar-refractivity contribution in [2.75, 3.05) is 31.1 Å². The van der Waals surface area contributed by atoms with E-state index in [1.807, 2.05) is 11.3 Å². The van der Waals surface area contributed by atoms with E-state index in [2.05, 4.69) is 58.8 Å². The van der Waals surface area contributed by atoms with Gasteiger partial charge >= 0.3 is 0 Å². The number of thiophene rings is 1. The number of halogens is 1. The molecule has 0 bridgehead atoms. The molecule has 5 nitrogen and oxygen atoms in total. The molecule has 27 heavy (non-hydrogen) atoms. The predicted octanol–water partition coefficient (Wildman–Crippen LogP) is 4.21. The monoisotopic (exact) mass is 519 g/mol. The number of aromatic nitrogens is 1. The van der Waals surface area contributed by atoms with Crippen molar-refractivity contribution in [3.63, 3.8) is 0 Å². The zero-order chi connectivity index (χ0) is 18.4. The Kier molecular flexibility index (Phi) is 9.31. The molecule has 0 unspecified atom stereocenters. The number of hydrogen-bond acceptors (Lipinski definition) is 5. The predicted molar refractivity (Wildman–Crippen MR) is 129 cm³/mol. The number of nitrogens with one attached hydrogen (secondary N) is 2. The van der Waals surface area contributed by atoms with Crippen LogP contribution in [0, 0.1) is 13.8 Å². The molecule has 0 amide bonds. The number of guanidine groups is 1.